The fourth-order valence-electron chi connectivity index (χ4n) is 2.38. The van der Waals surface area contributed by atoms with Gasteiger partial charge in [0.2, 0.25) is 0 Å². The van der Waals surface area contributed by atoms with Crippen LogP contribution in [0.5, 0.6) is 0 Å². The standard InChI is InChI=1S/C15H22N2O/c1-9-7-10(2)13(16)8-12(9)14(18)17-15(3,4)11-5-6-11/h7-8,11H,5-6,16H2,1-4H3,(H,17,18). The molecule has 1 amide bonds. The van der Waals surface area contributed by atoms with Gasteiger partial charge in [0.1, 0.15) is 0 Å². The number of nitrogens with one attached hydrogen (secondary N) is 1. The summed E-state index contributed by atoms with van der Waals surface area (Å²) in [7, 11) is 0. The Hall–Kier alpha value is -1.51. The lowest BCUT2D eigenvalue weighted by molar-refractivity contribution is 0.0903. The van der Waals surface area contributed by atoms with Crippen LogP contribution in [-0.4, -0.2) is 11.4 Å². The molecule has 0 heterocycles. The van der Waals surface area contributed by atoms with Gasteiger partial charge in [-0.3, -0.25) is 4.79 Å². The van der Waals surface area contributed by atoms with Crippen LogP contribution < -0.4 is 11.1 Å². The zero-order valence-corrected chi connectivity index (χ0v) is 11.6. The summed E-state index contributed by atoms with van der Waals surface area (Å²) >= 11 is 0. The second kappa shape index (κ2) is 4.30. The molecule has 3 heteroatoms. The van der Waals surface area contributed by atoms with E-state index in [-0.39, 0.29) is 11.4 Å². The number of nitrogens with two attached hydrogens (primary N) is 1. The molecule has 1 fully saturated rings. The number of carbonyl (C=O) groups excluding carboxylic acids is 1. The van der Waals surface area contributed by atoms with E-state index in [1.54, 1.807) is 6.07 Å². The molecular formula is C15H22N2O. The highest BCUT2D eigenvalue weighted by Crippen LogP contribution is 2.39. The molecule has 2 rings (SSSR count). The van der Waals surface area contributed by atoms with Gasteiger partial charge in [-0.2, -0.15) is 0 Å². The molecule has 0 radical (unpaired) electrons. The number of nitrogen functional groups attached to an aromatic ring is 1. The molecule has 0 aliphatic heterocycles. The summed E-state index contributed by atoms with van der Waals surface area (Å²) in [6, 6.07) is 3.75. The predicted octanol–water partition coefficient (Wildman–Crippen LogP) is 2.80. The maximum absolute atomic E-state index is 12.3. The molecule has 3 nitrogen and oxygen atoms in total. The minimum atomic E-state index is -0.122. The van der Waals surface area contributed by atoms with E-state index in [1.807, 2.05) is 19.9 Å². The average Bonchev–Trinajstić information content (AvgIpc) is 3.06. The van der Waals surface area contributed by atoms with E-state index in [0.717, 1.165) is 11.1 Å². The molecule has 1 aliphatic rings. The molecule has 0 unspecified atom stereocenters. The molecule has 1 saturated carbocycles. The minimum absolute atomic E-state index is 0.0175. The number of hydrogen-bond donors (Lipinski definition) is 2. The first-order valence-electron chi connectivity index (χ1n) is 6.50. The Labute approximate surface area is 109 Å². The van der Waals surface area contributed by atoms with Gasteiger partial charge in [-0.1, -0.05) is 6.07 Å². The van der Waals surface area contributed by atoms with Crippen LogP contribution in [0.25, 0.3) is 0 Å². The summed E-state index contributed by atoms with van der Waals surface area (Å²) in [5, 5.41) is 3.13. The third kappa shape index (κ3) is 2.50. The van der Waals surface area contributed by atoms with Gasteiger partial charge < -0.3 is 11.1 Å². The highest BCUT2D eigenvalue weighted by atomic mass is 16.1. The molecule has 0 bridgehead atoms. The minimum Gasteiger partial charge on any atom is -0.398 e. The second-order valence-corrected chi connectivity index (χ2v) is 5.97. The van der Waals surface area contributed by atoms with Crippen LogP contribution in [0.2, 0.25) is 0 Å². The zero-order valence-electron chi connectivity index (χ0n) is 11.6. The molecule has 1 aliphatic carbocycles. The van der Waals surface area contributed by atoms with Crippen molar-refractivity contribution < 1.29 is 4.79 Å². The first kappa shape index (κ1) is 12.9. The SMILES string of the molecule is Cc1cc(C)c(C(=O)NC(C)(C)C2CC2)cc1N. The number of amides is 1. The Morgan fingerprint density at radius 1 is 1.28 bits per heavy atom. The molecule has 3 N–H and O–H groups in total. The fraction of sp³-hybridized carbons (Fsp3) is 0.533. The highest BCUT2D eigenvalue weighted by Gasteiger charge is 2.38. The maximum Gasteiger partial charge on any atom is 0.252 e. The fourth-order valence-corrected chi connectivity index (χ4v) is 2.38. The van der Waals surface area contributed by atoms with Crippen molar-refractivity contribution in [3.05, 3.63) is 28.8 Å². The van der Waals surface area contributed by atoms with Crippen molar-refractivity contribution in [2.45, 2.75) is 46.1 Å². The zero-order chi connectivity index (χ0) is 13.5. The number of aryl methyl sites for hydroxylation is 2. The molecule has 1 aromatic carbocycles. The van der Waals surface area contributed by atoms with Crippen molar-refractivity contribution in [3.63, 3.8) is 0 Å². The average molecular weight is 246 g/mol. The smallest absolute Gasteiger partial charge is 0.252 e. The van der Waals surface area contributed by atoms with Crippen LogP contribution in [0.3, 0.4) is 0 Å². The molecular weight excluding hydrogens is 224 g/mol. The van der Waals surface area contributed by atoms with Crippen LogP contribution in [0.1, 0.15) is 48.2 Å². The highest BCUT2D eigenvalue weighted by molar-refractivity contribution is 5.97. The topological polar surface area (TPSA) is 55.1 Å². The molecule has 0 saturated heterocycles. The van der Waals surface area contributed by atoms with Crippen molar-refractivity contribution in [1.29, 1.82) is 0 Å². The summed E-state index contributed by atoms with van der Waals surface area (Å²) in [5.74, 6) is 0.598. The number of hydrogen-bond acceptors (Lipinski definition) is 2. The molecule has 18 heavy (non-hydrogen) atoms. The normalized spacial score (nSPS) is 15.6. The van der Waals surface area contributed by atoms with E-state index >= 15 is 0 Å². The predicted molar refractivity (Wildman–Crippen MR) is 74.6 cm³/mol. The summed E-state index contributed by atoms with van der Waals surface area (Å²) < 4.78 is 0. The van der Waals surface area contributed by atoms with Crippen LogP contribution in [0.4, 0.5) is 5.69 Å². The van der Waals surface area contributed by atoms with Crippen LogP contribution in [-0.2, 0) is 0 Å². The van der Waals surface area contributed by atoms with Gasteiger partial charge in [0, 0.05) is 16.8 Å². The summed E-state index contributed by atoms with van der Waals surface area (Å²) in [4.78, 5) is 12.3. The van der Waals surface area contributed by atoms with Gasteiger partial charge >= 0.3 is 0 Å². The summed E-state index contributed by atoms with van der Waals surface area (Å²) in [5.41, 5.74) is 9.12. The van der Waals surface area contributed by atoms with Gasteiger partial charge in [-0.25, -0.2) is 0 Å². The monoisotopic (exact) mass is 246 g/mol. The van der Waals surface area contributed by atoms with E-state index in [4.69, 9.17) is 5.73 Å². The Morgan fingerprint density at radius 2 is 1.89 bits per heavy atom. The molecule has 0 atom stereocenters. The second-order valence-electron chi connectivity index (χ2n) is 5.97. The Balaban J connectivity index is 2.21. The summed E-state index contributed by atoms with van der Waals surface area (Å²) in [6.07, 6.45) is 2.42. The van der Waals surface area contributed by atoms with Crippen LogP contribution >= 0.6 is 0 Å². The third-order valence-electron chi connectivity index (χ3n) is 3.89. The van der Waals surface area contributed by atoms with E-state index in [2.05, 4.69) is 19.2 Å². The van der Waals surface area contributed by atoms with Crippen LogP contribution in [0, 0.1) is 19.8 Å². The quantitative estimate of drug-likeness (QED) is 0.806. The number of carbonyl (C=O) groups is 1. The number of benzene rings is 1. The Bertz CT molecular complexity index is 488. The lowest BCUT2D eigenvalue weighted by atomic mass is 9.96. The number of anilines is 1. The van der Waals surface area contributed by atoms with Crippen LogP contribution in [0.15, 0.2) is 12.1 Å². The lowest BCUT2D eigenvalue weighted by Crippen LogP contribution is -2.45. The van der Waals surface area contributed by atoms with Gasteiger partial charge in [0.05, 0.1) is 0 Å². The van der Waals surface area contributed by atoms with E-state index < -0.39 is 0 Å². The van der Waals surface area contributed by atoms with Gasteiger partial charge in [0.25, 0.3) is 5.91 Å². The van der Waals surface area contributed by atoms with Crippen molar-refractivity contribution in [2.24, 2.45) is 5.92 Å². The van der Waals surface area contributed by atoms with Gasteiger partial charge in [-0.15, -0.1) is 0 Å². The Kier molecular flexibility index (Phi) is 3.09. The van der Waals surface area contributed by atoms with E-state index in [9.17, 15) is 4.79 Å². The van der Waals surface area contributed by atoms with E-state index in [1.165, 1.54) is 12.8 Å². The largest absolute Gasteiger partial charge is 0.398 e. The lowest BCUT2D eigenvalue weighted by Gasteiger charge is -2.26. The van der Waals surface area contributed by atoms with Crippen molar-refractivity contribution in [3.8, 4) is 0 Å². The Morgan fingerprint density at radius 3 is 2.44 bits per heavy atom. The first-order valence-corrected chi connectivity index (χ1v) is 6.50. The van der Waals surface area contributed by atoms with Crippen molar-refractivity contribution in [1.82, 2.24) is 5.32 Å². The molecule has 98 valence electrons. The van der Waals surface area contributed by atoms with Crippen molar-refractivity contribution in [2.75, 3.05) is 5.73 Å². The molecule has 0 aromatic heterocycles. The maximum atomic E-state index is 12.3. The third-order valence-corrected chi connectivity index (χ3v) is 3.89. The first-order chi connectivity index (χ1) is 8.31. The van der Waals surface area contributed by atoms with Crippen molar-refractivity contribution >= 4 is 11.6 Å². The van der Waals surface area contributed by atoms with Gasteiger partial charge in [0.15, 0.2) is 0 Å². The van der Waals surface area contributed by atoms with Gasteiger partial charge in [-0.05, 0) is 63.6 Å². The summed E-state index contributed by atoms with van der Waals surface area (Å²) in [6.45, 7) is 8.09. The number of rotatable bonds is 3. The molecule has 1 aromatic rings. The van der Waals surface area contributed by atoms with E-state index in [0.29, 0.717) is 17.2 Å². The molecule has 0 spiro atoms.